The second-order valence-corrected chi connectivity index (χ2v) is 4.32. The highest BCUT2D eigenvalue weighted by Crippen LogP contribution is 2.28. The highest BCUT2D eigenvalue weighted by molar-refractivity contribution is 6.30. The van der Waals surface area contributed by atoms with Crippen LogP contribution in [-0.4, -0.2) is 0 Å². The molecule has 0 aromatic heterocycles. The Morgan fingerprint density at radius 2 is 1.71 bits per heavy atom. The lowest BCUT2D eigenvalue weighted by Gasteiger charge is -2.13. The molecule has 0 aliphatic carbocycles. The zero-order valence-corrected chi connectivity index (χ0v) is 10.3. The average molecular weight is 248 g/mol. The summed E-state index contributed by atoms with van der Waals surface area (Å²) in [5.74, 6) is 1.53. The van der Waals surface area contributed by atoms with Gasteiger partial charge in [0.05, 0.1) is 0 Å². The number of ether oxygens (including phenoxy) is 1. The van der Waals surface area contributed by atoms with E-state index in [0.29, 0.717) is 5.02 Å². The number of nitrogens with two attached hydrogens (primary N) is 1. The van der Waals surface area contributed by atoms with E-state index in [-0.39, 0.29) is 6.04 Å². The second kappa shape index (κ2) is 5.21. The van der Waals surface area contributed by atoms with E-state index in [9.17, 15) is 0 Å². The van der Waals surface area contributed by atoms with E-state index in [1.54, 1.807) is 12.1 Å². The highest BCUT2D eigenvalue weighted by atomic mass is 35.5. The molecule has 1 unspecified atom stereocenters. The molecule has 0 saturated carbocycles. The molecule has 2 aromatic rings. The van der Waals surface area contributed by atoms with E-state index >= 15 is 0 Å². The van der Waals surface area contributed by atoms with Crippen LogP contribution in [0.3, 0.4) is 0 Å². The molecule has 88 valence electrons. The van der Waals surface area contributed by atoms with Crippen LogP contribution in [-0.2, 0) is 0 Å². The number of rotatable bonds is 3. The van der Waals surface area contributed by atoms with Crippen molar-refractivity contribution in [2.75, 3.05) is 0 Å². The molecule has 3 heteroatoms. The summed E-state index contributed by atoms with van der Waals surface area (Å²) in [6.07, 6.45) is 0. The second-order valence-electron chi connectivity index (χ2n) is 3.88. The van der Waals surface area contributed by atoms with Gasteiger partial charge in [-0.15, -0.1) is 0 Å². The highest BCUT2D eigenvalue weighted by Gasteiger charge is 2.07. The van der Waals surface area contributed by atoms with E-state index in [0.717, 1.165) is 17.1 Å². The lowest BCUT2D eigenvalue weighted by atomic mass is 10.1. The number of halogens is 1. The van der Waals surface area contributed by atoms with Crippen LogP contribution in [0.4, 0.5) is 0 Å². The van der Waals surface area contributed by atoms with Gasteiger partial charge in [0, 0.05) is 16.6 Å². The lowest BCUT2D eigenvalue weighted by molar-refractivity contribution is 0.472. The third kappa shape index (κ3) is 2.99. The van der Waals surface area contributed by atoms with Crippen LogP contribution >= 0.6 is 11.6 Å². The molecule has 0 heterocycles. The maximum Gasteiger partial charge on any atom is 0.132 e. The first-order valence-corrected chi connectivity index (χ1v) is 5.82. The normalized spacial score (nSPS) is 12.2. The van der Waals surface area contributed by atoms with Crippen LogP contribution in [0.1, 0.15) is 18.5 Å². The largest absolute Gasteiger partial charge is 0.457 e. The molecule has 0 bridgehead atoms. The predicted octanol–water partition coefficient (Wildman–Crippen LogP) is 4.15. The van der Waals surface area contributed by atoms with Crippen molar-refractivity contribution in [3.8, 4) is 11.5 Å². The third-order valence-electron chi connectivity index (χ3n) is 2.45. The fraction of sp³-hybridized carbons (Fsp3) is 0.143. The lowest BCUT2D eigenvalue weighted by Crippen LogP contribution is -2.06. The molecule has 17 heavy (non-hydrogen) atoms. The molecule has 0 aliphatic rings. The van der Waals surface area contributed by atoms with Crippen molar-refractivity contribution in [3.63, 3.8) is 0 Å². The molecule has 2 N–H and O–H groups in total. The smallest absolute Gasteiger partial charge is 0.132 e. The molecule has 0 spiro atoms. The van der Waals surface area contributed by atoms with Gasteiger partial charge in [0.2, 0.25) is 0 Å². The minimum Gasteiger partial charge on any atom is -0.457 e. The van der Waals surface area contributed by atoms with Crippen LogP contribution in [0, 0.1) is 0 Å². The third-order valence-corrected chi connectivity index (χ3v) is 2.70. The molecule has 0 saturated heterocycles. The monoisotopic (exact) mass is 247 g/mol. The first-order valence-electron chi connectivity index (χ1n) is 5.45. The minimum absolute atomic E-state index is 0.0569. The van der Waals surface area contributed by atoms with Gasteiger partial charge in [0.25, 0.3) is 0 Å². The first kappa shape index (κ1) is 12.0. The van der Waals surface area contributed by atoms with E-state index in [1.807, 2.05) is 43.3 Å². The van der Waals surface area contributed by atoms with Gasteiger partial charge in [0.1, 0.15) is 11.5 Å². The van der Waals surface area contributed by atoms with E-state index in [1.165, 1.54) is 0 Å². The van der Waals surface area contributed by atoms with Gasteiger partial charge in [0.15, 0.2) is 0 Å². The summed E-state index contributed by atoms with van der Waals surface area (Å²) < 4.78 is 5.79. The van der Waals surface area contributed by atoms with Crippen LogP contribution in [0.5, 0.6) is 11.5 Å². The Hall–Kier alpha value is -1.51. The van der Waals surface area contributed by atoms with E-state index in [2.05, 4.69) is 0 Å². The number of para-hydroxylation sites is 1. The molecule has 2 nitrogen and oxygen atoms in total. The molecule has 0 radical (unpaired) electrons. The van der Waals surface area contributed by atoms with Gasteiger partial charge >= 0.3 is 0 Å². The maximum atomic E-state index is 5.89. The molecule has 0 amide bonds. The Kier molecular flexibility index (Phi) is 3.67. The fourth-order valence-corrected chi connectivity index (χ4v) is 1.71. The SMILES string of the molecule is CC(N)c1ccccc1Oc1ccc(Cl)cc1. The van der Waals surface area contributed by atoms with Gasteiger partial charge < -0.3 is 10.5 Å². The Morgan fingerprint density at radius 1 is 1.06 bits per heavy atom. The van der Waals surface area contributed by atoms with Gasteiger partial charge in [-0.2, -0.15) is 0 Å². The van der Waals surface area contributed by atoms with Crippen LogP contribution in [0.15, 0.2) is 48.5 Å². The van der Waals surface area contributed by atoms with Crippen molar-refractivity contribution in [2.24, 2.45) is 5.73 Å². The van der Waals surface area contributed by atoms with Crippen molar-refractivity contribution < 1.29 is 4.74 Å². The van der Waals surface area contributed by atoms with Gasteiger partial charge in [-0.3, -0.25) is 0 Å². The summed E-state index contributed by atoms with van der Waals surface area (Å²) in [5, 5.41) is 0.692. The summed E-state index contributed by atoms with van der Waals surface area (Å²) in [6, 6.07) is 15.0. The van der Waals surface area contributed by atoms with Crippen LogP contribution in [0.25, 0.3) is 0 Å². The van der Waals surface area contributed by atoms with Gasteiger partial charge in [-0.05, 0) is 37.3 Å². The fourth-order valence-electron chi connectivity index (χ4n) is 1.58. The van der Waals surface area contributed by atoms with Crippen molar-refractivity contribution in [1.82, 2.24) is 0 Å². The van der Waals surface area contributed by atoms with Crippen LogP contribution in [0.2, 0.25) is 5.02 Å². The molecule has 0 fully saturated rings. The molecular weight excluding hydrogens is 234 g/mol. The zero-order valence-electron chi connectivity index (χ0n) is 9.56. The van der Waals surface area contributed by atoms with Crippen molar-refractivity contribution in [1.29, 1.82) is 0 Å². The number of hydrogen-bond acceptors (Lipinski definition) is 2. The summed E-state index contributed by atoms with van der Waals surface area (Å²) >= 11 is 5.82. The Balaban J connectivity index is 2.26. The number of benzene rings is 2. The Labute approximate surface area is 106 Å². The first-order chi connectivity index (χ1) is 8.16. The quantitative estimate of drug-likeness (QED) is 0.884. The van der Waals surface area contributed by atoms with Crippen molar-refractivity contribution in [2.45, 2.75) is 13.0 Å². The Bertz CT molecular complexity index is 494. The van der Waals surface area contributed by atoms with Crippen molar-refractivity contribution >= 4 is 11.6 Å². The standard InChI is InChI=1S/C14H14ClNO/c1-10(16)13-4-2-3-5-14(13)17-12-8-6-11(15)7-9-12/h2-10H,16H2,1H3. The average Bonchev–Trinajstić information content (AvgIpc) is 2.32. The van der Waals surface area contributed by atoms with Crippen molar-refractivity contribution in [3.05, 3.63) is 59.1 Å². The van der Waals surface area contributed by atoms with E-state index < -0.39 is 0 Å². The maximum absolute atomic E-state index is 5.89. The van der Waals surface area contributed by atoms with E-state index in [4.69, 9.17) is 22.1 Å². The number of hydrogen-bond donors (Lipinski definition) is 1. The van der Waals surface area contributed by atoms with Crippen LogP contribution < -0.4 is 10.5 Å². The summed E-state index contributed by atoms with van der Waals surface area (Å²) in [4.78, 5) is 0. The zero-order chi connectivity index (χ0) is 12.3. The van der Waals surface area contributed by atoms with Gasteiger partial charge in [-0.1, -0.05) is 29.8 Å². The molecule has 2 rings (SSSR count). The predicted molar refractivity (Wildman–Crippen MR) is 70.6 cm³/mol. The molecular formula is C14H14ClNO. The Morgan fingerprint density at radius 3 is 2.35 bits per heavy atom. The topological polar surface area (TPSA) is 35.2 Å². The molecule has 2 aromatic carbocycles. The summed E-state index contributed by atoms with van der Waals surface area (Å²) in [7, 11) is 0. The molecule has 0 aliphatic heterocycles. The minimum atomic E-state index is -0.0569. The summed E-state index contributed by atoms with van der Waals surface area (Å²) in [6.45, 7) is 1.93. The summed E-state index contributed by atoms with van der Waals surface area (Å²) in [5.41, 5.74) is 6.88. The molecule has 1 atom stereocenters. The van der Waals surface area contributed by atoms with Gasteiger partial charge in [-0.25, -0.2) is 0 Å².